The van der Waals surface area contributed by atoms with Crippen molar-refractivity contribution in [2.24, 2.45) is 5.92 Å². The largest absolute Gasteiger partial charge is 0.321 e. The van der Waals surface area contributed by atoms with E-state index in [1.807, 2.05) is 0 Å². The smallest absolute Gasteiger partial charge is 0.312 e. The zero-order valence-electron chi connectivity index (χ0n) is 14.2. The lowest BCUT2D eigenvalue weighted by molar-refractivity contribution is -0.386. The van der Waals surface area contributed by atoms with E-state index in [9.17, 15) is 36.9 Å². The van der Waals surface area contributed by atoms with E-state index in [0.29, 0.717) is 0 Å². The van der Waals surface area contributed by atoms with Crippen molar-refractivity contribution < 1.29 is 31.7 Å². The Kier molecular flexibility index (Phi) is 5.47. The minimum Gasteiger partial charge on any atom is -0.321 e. The van der Waals surface area contributed by atoms with Crippen LogP contribution in [0.4, 0.5) is 33.3 Å². The molecule has 0 spiro atoms. The van der Waals surface area contributed by atoms with Crippen LogP contribution in [0.2, 0.25) is 0 Å². The molecule has 0 fully saturated rings. The van der Waals surface area contributed by atoms with Gasteiger partial charge >= 0.3 is 5.69 Å². The molecule has 0 aliphatic heterocycles. The lowest BCUT2D eigenvalue weighted by atomic mass is 10.1. The molecule has 0 bridgehead atoms. The lowest BCUT2D eigenvalue weighted by Crippen LogP contribution is -2.27. The van der Waals surface area contributed by atoms with Gasteiger partial charge in [0, 0.05) is 0 Å². The van der Waals surface area contributed by atoms with Gasteiger partial charge in [0.15, 0.2) is 23.3 Å². The molecule has 27 heavy (non-hydrogen) atoms. The van der Waals surface area contributed by atoms with Gasteiger partial charge in [0.25, 0.3) is 0 Å². The number of anilines is 1. The highest BCUT2D eigenvalue weighted by molar-refractivity contribution is 5.92. The van der Waals surface area contributed by atoms with Crippen molar-refractivity contribution in [1.29, 1.82) is 0 Å². The molecule has 0 saturated heterocycles. The Labute approximate surface area is 148 Å². The molecule has 1 N–H and O–H groups in total. The molecule has 0 aliphatic rings. The molecule has 146 valence electrons. The summed E-state index contributed by atoms with van der Waals surface area (Å²) < 4.78 is 67.8. The molecular formula is C15H13F5N4O3. The summed E-state index contributed by atoms with van der Waals surface area (Å²) in [6.45, 7) is 3.86. The first-order valence-electron chi connectivity index (χ1n) is 7.48. The van der Waals surface area contributed by atoms with Gasteiger partial charge < -0.3 is 5.32 Å². The first-order valence-corrected chi connectivity index (χ1v) is 7.48. The van der Waals surface area contributed by atoms with Crippen molar-refractivity contribution in [2.45, 2.75) is 27.3 Å². The minimum atomic E-state index is -2.34. The number of carbonyl (C=O) groups is 1. The average molecular weight is 392 g/mol. The van der Waals surface area contributed by atoms with Gasteiger partial charge in [-0.25, -0.2) is 22.0 Å². The van der Waals surface area contributed by atoms with E-state index in [4.69, 9.17) is 0 Å². The van der Waals surface area contributed by atoms with Crippen LogP contribution in [0.15, 0.2) is 0 Å². The first-order chi connectivity index (χ1) is 12.5. The van der Waals surface area contributed by atoms with Crippen LogP contribution in [0.1, 0.15) is 18.3 Å². The van der Waals surface area contributed by atoms with E-state index in [1.54, 1.807) is 5.32 Å². The molecule has 1 aromatic carbocycles. The van der Waals surface area contributed by atoms with Gasteiger partial charge in [-0.3, -0.25) is 19.6 Å². The van der Waals surface area contributed by atoms with Crippen molar-refractivity contribution >= 4 is 17.3 Å². The maximum absolute atomic E-state index is 13.6. The van der Waals surface area contributed by atoms with Gasteiger partial charge in [-0.15, -0.1) is 0 Å². The van der Waals surface area contributed by atoms with E-state index in [2.05, 4.69) is 5.10 Å². The Balaban J connectivity index is 2.26. The summed E-state index contributed by atoms with van der Waals surface area (Å²) in [7, 11) is 0. The number of nitrogens with one attached hydrogen (secondary N) is 1. The molecule has 1 amide bonds. The van der Waals surface area contributed by atoms with Crippen LogP contribution in [0, 0.1) is 59.0 Å². The highest BCUT2D eigenvalue weighted by Gasteiger charge is 2.29. The second-order valence-corrected chi connectivity index (χ2v) is 5.79. The predicted octanol–water partition coefficient (Wildman–Crippen LogP) is 3.38. The third kappa shape index (κ3) is 3.59. The molecule has 1 unspecified atom stereocenters. The molecule has 1 atom stereocenters. The summed E-state index contributed by atoms with van der Waals surface area (Å²) in [6, 6.07) is 0. The Morgan fingerprint density at radius 3 is 2.04 bits per heavy atom. The maximum Gasteiger partial charge on any atom is 0.312 e. The molecule has 1 heterocycles. The molecule has 1 aromatic heterocycles. The fourth-order valence-corrected chi connectivity index (χ4v) is 2.43. The van der Waals surface area contributed by atoms with Gasteiger partial charge in [-0.2, -0.15) is 5.10 Å². The van der Waals surface area contributed by atoms with E-state index in [0.717, 1.165) is 4.68 Å². The van der Waals surface area contributed by atoms with Crippen molar-refractivity contribution in [3.63, 3.8) is 0 Å². The highest BCUT2D eigenvalue weighted by Crippen LogP contribution is 2.28. The number of nitro groups is 1. The molecule has 0 radical (unpaired) electrons. The van der Waals surface area contributed by atoms with Crippen LogP contribution in [-0.2, 0) is 11.3 Å². The van der Waals surface area contributed by atoms with Crippen LogP contribution in [0.3, 0.4) is 0 Å². The zero-order valence-corrected chi connectivity index (χ0v) is 14.2. The van der Waals surface area contributed by atoms with Crippen LogP contribution in [0.25, 0.3) is 0 Å². The van der Waals surface area contributed by atoms with Crippen molar-refractivity contribution in [3.8, 4) is 0 Å². The fraction of sp³-hybridized carbons (Fsp3) is 0.333. The number of carbonyl (C=O) groups excluding carboxylic acids is 1. The van der Waals surface area contributed by atoms with Gasteiger partial charge in [-0.1, -0.05) is 6.92 Å². The average Bonchev–Trinajstić information content (AvgIpc) is 2.88. The standard InChI is InChI=1S/C15H13F5N4O3/c1-5(4-23-7(3)14(24(26)27)6(2)22-23)15(25)21-13-11(19)9(17)8(16)10(18)12(13)20/h5H,4H2,1-3H3,(H,21,25). The van der Waals surface area contributed by atoms with E-state index >= 15 is 0 Å². The molecule has 2 rings (SSSR count). The van der Waals surface area contributed by atoms with E-state index in [1.165, 1.54) is 20.8 Å². The topological polar surface area (TPSA) is 90.1 Å². The molecule has 12 heteroatoms. The molecule has 0 aliphatic carbocycles. The second-order valence-electron chi connectivity index (χ2n) is 5.79. The zero-order chi connectivity index (χ0) is 20.6. The molecule has 7 nitrogen and oxygen atoms in total. The summed E-state index contributed by atoms with van der Waals surface area (Å²) in [5.41, 5.74) is -1.47. The number of aromatic nitrogens is 2. The Morgan fingerprint density at radius 1 is 1.11 bits per heavy atom. The summed E-state index contributed by atoms with van der Waals surface area (Å²) in [5, 5.41) is 16.5. The van der Waals surface area contributed by atoms with Crippen molar-refractivity contribution in [2.75, 3.05) is 5.32 Å². The van der Waals surface area contributed by atoms with Crippen molar-refractivity contribution in [1.82, 2.24) is 9.78 Å². The highest BCUT2D eigenvalue weighted by atomic mass is 19.2. The summed E-state index contributed by atoms with van der Waals surface area (Å²) in [6.07, 6.45) is 0. The number of amides is 1. The number of halogens is 5. The van der Waals surface area contributed by atoms with Gasteiger partial charge in [0.2, 0.25) is 11.7 Å². The first kappa shape index (κ1) is 20.3. The number of nitrogens with zero attached hydrogens (tertiary/aromatic N) is 3. The SMILES string of the molecule is Cc1nn(CC(C)C(=O)Nc2c(F)c(F)c(F)c(F)c2F)c(C)c1[N+](=O)[O-]. The van der Waals surface area contributed by atoms with Gasteiger partial charge in [-0.05, 0) is 13.8 Å². The lowest BCUT2D eigenvalue weighted by Gasteiger charge is -2.14. The number of aryl methyl sites for hydroxylation is 1. The monoisotopic (exact) mass is 392 g/mol. The van der Waals surface area contributed by atoms with Crippen LogP contribution < -0.4 is 5.32 Å². The van der Waals surface area contributed by atoms with Crippen LogP contribution in [-0.4, -0.2) is 20.6 Å². The fourth-order valence-electron chi connectivity index (χ4n) is 2.43. The van der Waals surface area contributed by atoms with Crippen LogP contribution >= 0.6 is 0 Å². The molecule has 2 aromatic rings. The summed E-state index contributed by atoms with van der Waals surface area (Å²) in [4.78, 5) is 22.4. The number of hydrogen-bond acceptors (Lipinski definition) is 4. The van der Waals surface area contributed by atoms with Gasteiger partial charge in [0.1, 0.15) is 17.1 Å². The second kappa shape index (κ2) is 7.29. The third-order valence-corrected chi connectivity index (χ3v) is 3.88. The maximum atomic E-state index is 13.6. The van der Waals surface area contributed by atoms with Crippen LogP contribution in [0.5, 0.6) is 0 Å². The summed E-state index contributed by atoms with van der Waals surface area (Å²) in [5.74, 6) is -13.2. The number of benzene rings is 1. The Morgan fingerprint density at radius 2 is 1.59 bits per heavy atom. The Bertz CT molecular complexity index is 915. The van der Waals surface area contributed by atoms with Crippen molar-refractivity contribution in [3.05, 3.63) is 50.6 Å². The normalized spacial score (nSPS) is 12.1. The van der Waals surface area contributed by atoms with E-state index < -0.39 is 51.5 Å². The minimum absolute atomic E-state index is 0.102. The number of hydrogen-bond donors (Lipinski definition) is 1. The number of rotatable bonds is 5. The third-order valence-electron chi connectivity index (χ3n) is 3.88. The van der Waals surface area contributed by atoms with Gasteiger partial charge in [0.05, 0.1) is 17.4 Å². The molecular weight excluding hydrogens is 379 g/mol. The predicted molar refractivity (Wildman–Crippen MR) is 82.4 cm³/mol. The summed E-state index contributed by atoms with van der Waals surface area (Å²) >= 11 is 0. The Hall–Kier alpha value is -3.05. The van der Waals surface area contributed by atoms with E-state index in [-0.39, 0.29) is 23.6 Å². The quantitative estimate of drug-likeness (QED) is 0.278. The molecule has 0 saturated carbocycles.